The number of hydrogen-bond donors (Lipinski definition) is 1. The number of anilines is 1. The molecular formula is C12H19N3O. The summed E-state index contributed by atoms with van der Waals surface area (Å²) < 4.78 is 5.58. The second kappa shape index (κ2) is 4.78. The van der Waals surface area contributed by atoms with Crippen LogP contribution in [0.15, 0.2) is 6.07 Å². The first-order chi connectivity index (χ1) is 7.65. The van der Waals surface area contributed by atoms with Crippen LogP contribution >= 0.6 is 0 Å². The fraction of sp³-hybridized carbons (Fsp3) is 0.667. The summed E-state index contributed by atoms with van der Waals surface area (Å²) in [5.74, 6) is 1.76. The summed E-state index contributed by atoms with van der Waals surface area (Å²) in [6.07, 6.45) is 3.31. The average Bonchev–Trinajstić information content (AvgIpc) is 2.69. The first-order valence-corrected chi connectivity index (χ1v) is 5.90. The van der Waals surface area contributed by atoms with Gasteiger partial charge in [-0.15, -0.1) is 0 Å². The Kier molecular flexibility index (Phi) is 3.39. The summed E-state index contributed by atoms with van der Waals surface area (Å²) in [6, 6.07) is 1.85. The van der Waals surface area contributed by atoms with Gasteiger partial charge in [-0.1, -0.05) is 13.8 Å². The molecule has 16 heavy (non-hydrogen) atoms. The van der Waals surface area contributed by atoms with Gasteiger partial charge in [-0.25, -0.2) is 9.97 Å². The monoisotopic (exact) mass is 221 g/mol. The molecule has 1 saturated heterocycles. The molecule has 88 valence electrons. The lowest BCUT2D eigenvalue weighted by Crippen LogP contribution is -2.13. The molecule has 4 nitrogen and oxygen atoms in total. The number of ether oxygens (including phenoxy) is 1. The molecule has 1 aliphatic heterocycles. The van der Waals surface area contributed by atoms with E-state index in [-0.39, 0.29) is 6.10 Å². The lowest BCUT2D eigenvalue weighted by molar-refractivity contribution is 0.110. The molecule has 1 aliphatic rings. The first kappa shape index (κ1) is 11.3. The zero-order chi connectivity index (χ0) is 11.5. The number of nitrogen functional groups attached to an aromatic ring is 1. The molecule has 2 N–H and O–H groups in total. The number of aromatic nitrogens is 2. The van der Waals surface area contributed by atoms with Crippen LogP contribution in [-0.4, -0.2) is 22.7 Å². The van der Waals surface area contributed by atoms with Crippen molar-refractivity contribution in [1.82, 2.24) is 9.97 Å². The van der Waals surface area contributed by atoms with Gasteiger partial charge in [-0.3, -0.25) is 0 Å². The molecule has 0 bridgehead atoms. The lowest BCUT2D eigenvalue weighted by Gasteiger charge is -2.11. The molecule has 0 aromatic carbocycles. The zero-order valence-corrected chi connectivity index (χ0v) is 9.94. The maximum absolute atomic E-state index is 5.78. The third-order valence-corrected chi connectivity index (χ3v) is 2.84. The quantitative estimate of drug-likeness (QED) is 0.846. The fourth-order valence-electron chi connectivity index (χ4n) is 1.94. The van der Waals surface area contributed by atoms with Crippen molar-refractivity contribution in [1.29, 1.82) is 0 Å². The molecule has 0 amide bonds. The molecule has 1 aromatic heterocycles. The van der Waals surface area contributed by atoms with Gasteiger partial charge in [0.15, 0.2) is 0 Å². The van der Waals surface area contributed by atoms with Crippen LogP contribution in [-0.2, 0) is 11.2 Å². The van der Waals surface area contributed by atoms with E-state index < -0.39 is 0 Å². The first-order valence-electron chi connectivity index (χ1n) is 5.90. The SMILES string of the molecule is CC(C)c1cc(N)nc(CC2CCCO2)n1. The van der Waals surface area contributed by atoms with Gasteiger partial charge < -0.3 is 10.5 Å². The van der Waals surface area contributed by atoms with E-state index in [4.69, 9.17) is 10.5 Å². The topological polar surface area (TPSA) is 61.0 Å². The van der Waals surface area contributed by atoms with Crippen molar-refractivity contribution < 1.29 is 4.74 Å². The third kappa shape index (κ3) is 2.70. The van der Waals surface area contributed by atoms with Crippen molar-refractivity contribution in [2.24, 2.45) is 0 Å². The van der Waals surface area contributed by atoms with Crippen molar-refractivity contribution >= 4 is 5.82 Å². The molecule has 1 fully saturated rings. The fourth-order valence-corrected chi connectivity index (χ4v) is 1.94. The van der Waals surface area contributed by atoms with Gasteiger partial charge in [0.1, 0.15) is 11.6 Å². The average molecular weight is 221 g/mol. The summed E-state index contributed by atoms with van der Waals surface area (Å²) >= 11 is 0. The van der Waals surface area contributed by atoms with Gasteiger partial charge >= 0.3 is 0 Å². The largest absolute Gasteiger partial charge is 0.384 e. The predicted molar refractivity (Wildman–Crippen MR) is 63.2 cm³/mol. The highest BCUT2D eigenvalue weighted by Gasteiger charge is 2.18. The highest BCUT2D eigenvalue weighted by molar-refractivity contribution is 5.31. The Bertz CT molecular complexity index is 359. The second-order valence-electron chi connectivity index (χ2n) is 4.63. The van der Waals surface area contributed by atoms with E-state index in [0.29, 0.717) is 11.7 Å². The number of rotatable bonds is 3. The summed E-state index contributed by atoms with van der Waals surface area (Å²) in [5, 5.41) is 0. The molecule has 4 heteroatoms. The number of nitrogens with zero attached hydrogens (tertiary/aromatic N) is 2. The summed E-state index contributed by atoms with van der Waals surface area (Å²) in [5.41, 5.74) is 6.79. The minimum Gasteiger partial charge on any atom is -0.384 e. The van der Waals surface area contributed by atoms with E-state index >= 15 is 0 Å². The maximum atomic E-state index is 5.78. The van der Waals surface area contributed by atoms with Crippen LogP contribution in [0.1, 0.15) is 44.1 Å². The molecule has 1 atom stereocenters. The third-order valence-electron chi connectivity index (χ3n) is 2.84. The highest BCUT2D eigenvalue weighted by atomic mass is 16.5. The summed E-state index contributed by atoms with van der Waals surface area (Å²) in [6.45, 7) is 5.08. The van der Waals surface area contributed by atoms with Crippen molar-refractivity contribution in [3.63, 3.8) is 0 Å². The summed E-state index contributed by atoms with van der Waals surface area (Å²) in [4.78, 5) is 8.79. The van der Waals surface area contributed by atoms with Crippen LogP contribution in [0.3, 0.4) is 0 Å². The molecule has 2 heterocycles. The second-order valence-corrected chi connectivity index (χ2v) is 4.63. The van der Waals surface area contributed by atoms with Gasteiger partial charge in [0.05, 0.1) is 6.10 Å². The molecule has 0 aliphatic carbocycles. The van der Waals surface area contributed by atoms with Crippen LogP contribution in [0.25, 0.3) is 0 Å². The lowest BCUT2D eigenvalue weighted by atomic mass is 10.1. The van der Waals surface area contributed by atoms with Crippen molar-refractivity contribution in [3.8, 4) is 0 Å². The Morgan fingerprint density at radius 3 is 2.94 bits per heavy atom. The van der Waals surface area contributed by atoms with E-state index in [0.717, 1.165) is 37.4 Å². The van der Waals surface area contributed by atoms with E-state index in [2.05, 4.69) is 23.8 Å². The predicted octanol–water partition coefficient (Wildman–Crippen LogP) is 1.90. The zero-order valence-electron chi connectivity index (χ0n) is 9.94. The highest BCUT2D eigenvalue weighted by Crippen LogP contribution is 2.18. The summed E-state index contributed by atoms with van der Waals surface area (Å²) in [7, 11) is 0. The molecular weight excluding hydrogens is 202 g/mol. The van der Waals surface area contributed by atoms with Gasteiger partial charge in [-0.2, -0.15) is 0 Å². The maximum Gasteiger partial charge on any atom is 0.133 e. The Morgan fingerprint density at radius 1 is 1.50 bits per heavy atom. The molecule has 0 spiro atoms. The van der Waals surface area contributed by atoms with E-state index in [9.17, 15) is 0 Å². The van der Waals surface area contributed by atoms with Gasteiger partial charge in [0, 0.05) is 24.8 Å². The Labute approximate surface area is 96.2 Å². The molecule has 1 unspecified atom stereocenters. The molecule has 1 aromatic rings. The van der Waals surface area contributed by atoms with E-state index in [1.54, 1.807) is 0 Å². The Balaban J connectivity index is 2.13. The van der Waals surface area contributed by atoms with Crippen molar-refractivity contribution in [2.75, 3.05) is 12.3 Å². The minimum atomic E-state index is 0.279. The van der Waals surface area contributed by atoms with Crippen LogP contribution in [0, 0.1) is 0 Å². The van der Waals surface area contributed by atoms with Crippen molar-refractivity contribution in [2.45, 2.75) is 45.1 Å². The normalized spacial score (nSPS) is 20.6. The standard InChI is InChI=1S/C12H19N3O/c1-8(2)10-7-11(13)15-12(14-10)6-9-4-3-5-16-9/h7-9H,3-6H2,1-2H3,(H2,13,14,15). The molecule has 0 saturated carbocycles. The van der Waals surface area contributed by atoms with Gasteiger partial charge in [-0.05, 0) is 18.8 Å². The molecule has 0 radical (unpaired) electrons. The Hall–Kier alpha value is -1.16. The van der Waals surface area contributed by atoms with E-state index in [1.165, 1.54) is 0 Å². The smallest absolute Gasteiger partial charge is 0.133 e. The Morgan fingerprint density at radius 2 is 2.31 bits per heavy atom. The van der Waals surface area contributed by atoms with E-state index in [1.807, 2.05) is 6.07 Å². The van der Waals surface area contributed by atoms with Gasteiger partial charge in [0.2, 0.25) is 0 Å². The molecule has 2 rings (SSSR count). The van der Waals surface area contributed by atoms with Crippen LogP contribution in [0.4, 0.5) is 5.82 Å². The minimum absolute atomic E-state index is 0.279. The number of hydrogen-bond acceptors (Lipinski definition) is 4. The van der Waals surface area contributed by atoms with Crippen molar-refractivity contribution in [3.05, 3.63) is 17.6 Å². The number of nitrogens with two attached hydrogens (primary N) is 1. The van der Waals surface area contributed by atoms with Crippen LogP contribution in [0.2, 0.25) is 0 Å². The van der Waals surface area contributed by atoms with Crippen LogP contribution < -0.4 is 5.73 Å². The van der Waals surface area contributed by atoms with Crippen LogP contribution in [0.5, 0.6) is 0 Å². The van der Waals surface area contributed by atoms with Gasteiger partial charge in [0.25, 0.3) is 0 Å².